The lowest BCUT2D eigenvalue weighted by atomic mass is 9.86. The molecule has 2 aromatic rings. The lowest BCUT2D eigenvalue weighted by Gasteiger charge is -2.42. The van der Waals surface area contributed by atoms with Crippen molar-refractivity contribution in [3.8, 4) is 17.1 Å². The lowest BCUT2D eigenvalue weighted by molar-refractivity contribution is -0.140. The molecule has 0 radical (unpaired) electrons. The summed E-state index contributed by atoms with van der Waals surface area (Å²) < 4.78 is 11.9. The minimum Gasteiger partial charge on any atom is -0.474 e. The SMILES string of the molecule is C[C@H]1COCCN1c1nc(OC2CC(N(C)C(=O)[C@@H]3CCCNC3)C2)cc(-c2cnc(N)nc2)n1. The molecule has 11 heteroatoms. The minimum atomic E-state index is 0.000103. The number of morpholine rings is 1. The fraction of sp³-hybridized carbons (Fsp3) is 0.625. The van der Waals surface area contributed by atoms with Gasteiger partial charge in [0.2, 0.25) is 23.7 Å². The normalized spacial score (nSPS) is 26.6. The topological polar surface area (TPSA) is 132 Å². The Labute approximate surface area is 205 Å². The lowest BCUT2D eigenvalue weighted by Crippen LogP contribution is -2.53. The van der Waals surface area contributed by atoms with E-state index in [9.17, 15) is 4.79 Å². The first-order chi connectivity index (χ1) is 17.0. The van der Waals surface area contributed by atoms with E-state index < -0.39 is 0 Å². The average Bonchev–Trinajstić information content (AvgIpc) is 2.86. The number of ether oxygens (including phenoxy) is 2. The molecule has 0 spiro atoms. The molecule has 1 amide bonds. The number of aromatic nitrogens is 4. The summed E-state index contributed by atoms with van der Waals surface area (Å²) >= 11 is 0. The van der Waals surface area contributed by atoms with Crippen LogP contribution in [0.1, 0.15) is 32.6 Å². The Hall–Kier alpha value is -3.05. The largest absolute Gasteiger partial charge is 0.474 e. The zero-order valence-corrected chi connectivity index (χ0v) is 20.4. The highest BCUT2D eigenvalue weighted by atomic mass is 16.5. The van der Waals surface area contributed by atoms with Crippen molar-refractivity contribution >= 4 is 17.8 Å². The van der Waals surface area contributed by atoms with Gasteiger partial charge in [0.25, 0.3) is 0 Å². The van der Waals surface area contributed by atoms with Gasteiger partial charge in [-0.05, 0) is 26.3 Å². The van der Waals surface area contributed by atoms with Crippen molar-refractivity contribution in [1.29, 1.82) is 0 Å². The Kier molecular flexibility index (Phi) is 6.96. The van der Waals surface area contributed by atoms with Gasteiger partial charge >= 0.3 is 0 Å². The van der Waals surface area contributed by atoms with Crippen molar-refractivity contribution in [3.05, 3.63) is 18.5 Å². The van der Waals surface area contributed by atoms with Crippen LogP contribution in [0.2, 0.25) is 0 Å². The molecular formula is C24H34N8O3. The summed E-state index contributed by atoms with van der Waals surface area (Å²) in [6.07, 6.45) is 6.90. The van der Waals surface area contributed by atoms with E-state index in [2.05, 4.69) is 27.1 Å². The number of nitrogens with zero attached hydrogens (tertiary/aromatic N) is 6. The Morgan fingerprint density at radius 1 is 1.29 bits per heavy atom. The van der Waals surface area contributed by atoms with Crippen LogP contribution in [0, 0.1) is 5.92 Å². The molecule has 0 aromatic carbocycles. The first kappa shape index (κ1) is 23.7. The van der Waals surface area contributed by atoms with Gasteiger partial charge in [-0.1, -0.05) is 0 Å². The molecule has 2 aliphatic heterocycles. The molecule has 1 aliphatic carbocycles. The van der Waals surface area contributed by atoms with Gasteiger partial charge in [-0.25, -0.2) is 15.0 Å². The van der Waals surface area contributed by atoms with Crippen LogP contribution in [0.25, 0.3) is 11.3 Å². The summed E-state index contributed by atoms with van der Waals surface area (Å²) in [6.45, 7) is 5.82. The van der Waals surface area contributed by atoms with Crippen molar-refractivity contribution < 1.29 is 14.3 Å². The number of nitrogen functional groups attached to an aromatic ring is 1. The Balaban J connectivity index is 1.29. The standard InChI is InChI=1S/C24H34N8O3/c1-15-14-34-7-6-32(15)24-29-20(17-12-27-23(25)28-13-17)10-21(30-24)35-19-8-18(9-19)31(2)22(33)16-4-3-5-26-11-16/h10,12-13,15-16,18-19,26H,3-9,11,14H2,1-2H3,(H2,25,27,28)/t15-,16+,18?,19?/m0/s1. The smallest absolute Gasteiger partial charge is 0.229 e. The fourth-order valence-corrected chi connectivity index (χ4v) is 4.90. The molecular weight excluding hydrogens is 448 g/mol. The second kappa shape index (κ2) is 10.3. The van der Waals surface area contributed by atoms with Crippen LogP contribution in [0.4, 0.5) is 11.9 Å². The summed E-state index contributed by atoms with van der Waals surface area (Å²) in [5.74, 6) is 1.63. The third kappa shape index (κ3) is 5.30. The van der Waals surface area contributed by atoms with E-state index in [0.29, 0.717) is 37.3 Å². The number of piperidine rings is 1. The first-order valence-corrected chi connectivity index (χ1v) is 12.4. The number of carbonyl (C=O) groups is 1. The Morgan fingerprint density at radius 2 is 2.09 bits per heavy atom. The van der Waals surface area contributed by atoms with Gasteiger partial charge in [-0.3, -0.25) is 4.79 Å². The summed E-state index contributed by atoms with van der Waals surface area (Å²) in [5.41, 5.74) is 7.08. The second-order valence-electron chi connectivity index (χ2n) is 9.70. The summed E-state index contributed by atoms with van der Waals surface area (Å²) in [6, 6.07) is 2.16. The zero-order valence-electron chi connectivity index (χ0n) is 20.4. The van der Waals surface area contributed by atoms with Crippen molar-refractivity contribution in [2.75, 3.05) is 50.5 Å². The molecule has 5 rings (SSSR count). The maximum atomic E-state index is 12.9. The zero-order chi connectivity index (χ0) is 24.4. The molecule has 2 aromatic heterocycles. The molecule has 188 valence electrons. The fourth-order valence-electron chi connectivity index (χ4n) is 4.90. The monoisotopic (exact) mass is 482 g/mol. The van der Waals surface area contributed by atoms with Crippen LogP contribution < -0.4 is 20.7 Å². The third-order valence-corrected chi connectivity index (χ3v) is 7.18. The van der Waals surface area contributed by atoms with Gasteiger partial charge in [-0.15, -0.1) is 0 Å². The highest BCUT2D eigenvalue weighted by Gasteiger charge is 2.38. The van der Waals surface area contributed by atoms with E-state index in [-0.39, 0.29) is 36.0 Å². The van der Waals surface area contributed by atoms with E-state index >= 15 is 0 Å². The van der Waals surface area contributed by atoms with Crippen LogP contribution >= 0.6 is 0 Å². The molecule has 0 unspecified atom stereocenters. The van der Waals surface area contributed by atoms with E-state index in [4.69, 9.17) is 25.2 Å². The number of rotatable bonds is 6. The molecule has 4 heterocycles. The average molecular weight is 483 g/mol. The van der Waals surface area contributed by atoms with Crippen LogP contribution in [-0.2, 0) is 9.53 Å². The summed E-state index contributed by atoms with van der Waals surface area (Å²) in [4.78, 5) is 34.6. The van der Waals surface area contributed by atoms with Crippen LogP contribution in [0.15, 0.2) is 18.5 Å². The minimum absolute atomic E-state index is 0.000103. The molecule has 1 saturated carbocycles. The highest BCUT2D eigenvalue weighted by molar-refractivity contribution is 5.79. The molecule has 2 atom stereocenters. The Bertz CT molecular complexity index is 1020. The van der Waals surface area contributed by atoms with E-state index in [1.807, 2.05) is 18.0 Å². The number of hydrogen-bond donors (Lipinski definition) is 2. The van der Waals surface area contributed by atoms with E-state index in [0.717, 1.165) is 44.3 Å². The van der Waals surface area contributed by atoms with Gasteiger partial charge in [0.15, 0.2) is 0 Å². The molecule has 2 saturated heterocycles. The van der Waals surface area contributed by atoms with Crippen molar-refractivity contribution in [2.45, 2.75) is 50.8 Å². The van der Waals surface area contributed by atoms with Crippen LogP contribution in [-0.4, -0.2) is 88.8 Å². The molecule has 11 nitrogen and oxygen atoms in total. The van der Waals surface area contributed by atoms with Crippen LogP contribution in [0.5, 0.6) is 5.88 Å². The number of nitrogens with two attached hydrogens (primary N) is 1. The second-order valence-corrected chi connectivity index (χ2v) is 9.70. The quantitative estimate of drug-likeness (QED) is 0.617. The van der Waals surface area contributed by atoms with Crippen molar-refractivity contribution in [1.82, 2.24) is 30.2 Å². The molecule has 3 aliphatic rings. The third-order valence-electron chi connectivity index (χ3n) is 7.18. The summed E-state index contributed by atoms with van der Waals surface area (Å²) in [5, 5.41) is 3.33. The maximum absolute atomic E-state index is 12.9. The number of hydrogen-bond acceptors (Lipinski definition) is 10. The molecule has 0 bridgehead atoms. The maximum Gasteiger partial charge on any atom is 0.229 e. The van der Waals surface area contributed by atoms with Gasteiger partial charge < -0.3 is 30.3 Å². The van der Waals surface area contributed by atoms with Gasteiger partial charge in [0.05, 0.1) is 30.9 Å². The summed E-state index contributed by atoms with van der Waals surface area (Å²) in [7, 11) is 1.92. The number of carbonyl (C=O) groups excluding carboxylic acids is 1. The van der Waals surface area contributed by atoms with E-state index in [1.165, 1.54) is 0 Å². The van der Waals surface area contributed by atoms with Gasteiger partial charge in [-0.2, -0.15) is 4.98 Å². The van der Waals surface area contributed by atoms with Crippen LogP contribution in [0.3, 0.4) is 0 Å². The van der Waals surface area contributed by atoms with Gasteiger partial charge in [0.1, 0.15) is 6.10 Å². The number of anilines is 2. The number of nitrogens with one attached hydrogen (secondary N) is 1. The first-order valence-electron chi connectivity index (χ1n) is 12.4. The predicted octanol–water partition coefficient (Wildman–Crippen LogP) is 1.11. The van der Waals surface area contributed by atoms with Crippen molar-refractivity contribution in [3.63, 3.8) is 0 Å². The van der Waals surface area contributed by atoms with Crippen molar-refractivity contribution in [2.24, 2.45) is 5.92 Å². The van der Waals surface area contributed by atoms with Gasteiger partial charge in [0, 0.05) is 63.0 Å². The Morgan fingerprint density at radius 3 is 2.80 bits per heavy atom. The molecule has 35 heavy (non-hydrogen) atoms. The number of amides is 1. The highest BCUT2D eigenvalue weighted by Crippen LogP contribution is 2.32. The molecule has 3 fully saturated rings. The molecule has 3 N–H and O–H groups in total. The predicted molar refractivity (Wildman–Crippen MR) is 131 cm³/mol. The van der Waals surface area contributed by atoms with E-state index in [1.54, 1.807) is 12.4 Å².